The van der Waals surface area contributed by atoms with E-state index in [-0.39, 0.29) is 12.1 Å². The third kappa shape index (κ3) is 3.13. The fourth-order valence-corrected chi connectivity index (χ4v) is 2.82. The van der Waals surface area contributed by atoms with Crippen LogP contribution in [0.5, 0.6) is 5.75 Å². The van der Waals surface area contributed by atoms with E-state index in [0.717, 1.165) is 34.0 Å². The average Bonchev–Trinajstić information content (AvgIpc) is 3.00. The van der Waals surface area contributed by atoms with Gasteiger partial charge in [0.2, 0.25) is 0 Å². The molecule has 21 heavy (non-hydrogen) atoms. The second-order valence-electron chi connectivity index (χ2n) is 5.04. The van der Waals surface area contributed by atoms with Gasteiger partial charge < -0.3 is 15.4 Å². The number of urea groups is 1. The van der Waals surface area contributed by atoms with Crippen LogP contribution in [0.15, 0.2) is 18.2 Å². The Morgan fingerprint density at radius 3 is 3.14 bits per heavy atom. The van der Waals surface area contributed by atoms with Gasteiger partial charge in [0.05, 0.1) is 17.1 Å². The molecule has 0 aliphatic carbocycles. The number of hydrogen-bond acceptors (Lipinski definition) is 5. The number of carbonyl (C=O) groups excluding carboxylic acids is 1. The molecule has 2 N–H and O–H groups in total. The van der Waals surface area contributed by atoms with E-state index < -0.39 is 0 Å². The monoisotopic (exact) mass is 304 g/mol. The zero-order valence-corrected chi connectivity index (χ0v) is 12.7. The molecule has 1 aromatic carbocycles. The molecule has 0 unspecified atom stereocenters. The van der Waals surface area contributed by atoms with Crippen molar-refractivity contribution in [2.45, 2.75) is 32.9 Å². The number of amides is 2. The van der Waals surface area contributed by atoms with Crippen molar-refractivity contribution >= 4 is 23.3 Å². The first kappa shape index (κ1) is 13.8. The third-order valence-electron chi connectivity index (χ3n) is 3.31. The second kappa shape index (κ2) is 5.69. The van der Waals surface area contributed by atoms with E-state index in [1.165, 1.54) is 11.5 Å². The highest BCUT2D eigenvalue weighted by atomic mass is 32.1. The van der Waals surface area contributed by atoms with Crippen LogP contribution in [-0.4, -0.2) is 21.7 Å². The van der Waals surface area contributed by atoms with Crippen molar-refractivity contribution in [3.8, 4) is 5.75 Å². The summed E-state index contributed by atoms with van der Waals surface area (Å²) < 4.78 is 9.47. The Kier molecular flexibility index (Phi) is 3.74. The summed E-state index contributed by atoms with van der Waals surface area (Å²) in [5, 5.41) is 9.53. The quantitative estimate of drug-likeness (QED) is 0.913. The van der Waals surface area contributed by atoms with Gasteiger partial charge in [0.25, 0.3) is 0 Å². The molecule has 2 heterocycles. The summed E-state index contributed by atoms with van der Waals surface area (Å²) in [5.74, 6) is 0.903. The molecule has 1 aromatic heterocycles. The molecule has 0 bridgehead atoms. The number of aryl methyl sites for hydroxylation is 1. The van der Waals surface area contributed by atoms with Crippen LogP contribution in [0.2, 0.25) is 0 Å². The second-order valence-corrected chi connectivity index (χ2v) is 5.88. The maximum atomic E-state index is 11.9. The molecule has 1 aliphatic heterocycles. The number of aromatic nitrogens is 2. The van der Waals surface area contributed by atoms with Crippen LogP contribution >= 0.6 is 11.5 Å². The van der Waals surface area contributed by atoms with Crippen molar-refractivity contribution in [1.29, 1.82) is 0 Å². The van der Waals surface area contributed by atoms with Crippen molar-refractivity contribution in [2.75, 3.05) is 5.32 Å². The summed E-state index contributed by atoms with van der Waals surface area (Å²) in [4.78, 5) is 12.9. The number of hydrogen-bond donors (Lipinski definition) is 2. The molecule has 110 valence electrons. The lowest BCUT2D eigenvalue weighted by atomic mass is 10.1. The van der Waals surface area contributed by atoms with Gasteiger partial charge in [-0.3, -0.25) is 0 Å². The third-order valence-corrected chi connectivity index (χ3v) is 4.13. The van der Waals surface area contributed by atoms with Crippen LogP contribution in [0.25, 0.3) is 0 Å². The minimum Gasteiger partial charge on any atom is -0.490 e. The molecule has 1 aliphatic rings. The topological polar surface area (TPSA) is 76.1 Å². The van der Waals surface area contributed by atoms with Crippen molar-refractivity contribution < 1.29 is 9.53 Å². The lowest BCUT2D eigenvalue weighted by Crippen LogP contribution is -2.28. The van der Waals surface area contributed by atoms with Gasteiger partial charge in [-0.15, -0.1) is 5.10 Å². The van der Waals surface area contributed by atoms with Gasteiger partial charge in [0.1, 0.15) is 11.9 Å². The first-order valence-electron chi connectivity index (χ1n) is 6.74. The van der Waals surface area contributed by atoms with E-state index in [0.29, 0.717) is 6.54 Å². The Morgan fingerprint density at radius 1 is 1.52 bits per heavy atom. The zero-order valence-electron chi connectivity index (χ0n) is 11.8. The number of benzene rings is 1. The number of rotatable bonds is 3. The molecule has 7 heteroatoms. The molecular formula is C14H16N4O2S. The van der Waals surface area contributed by atoms with Crippen LogP contribution in [-0.2, 0) is 13.0 Å². The summed E-state index contributed by atoms with van der Waals surface area (Å²) >= 11 is 1.29. The largest absolute Gasteiger partial charge is 0.490 e. The van der Waals surface area contributed by atoms with Crippen molar-refractivity contribution in [1.82, 2.24) is 14.9 Å². The molecule has 0 saturated carbocycles. The van der Waals surface area contributed by atoms with E-state index in [1.54, 1.807) is 0 Å². The average molecular weight is 304 g/mol. The lowest BCUT2D eigenvalue weighted by Gasteiger charge is -2.08. The number of nitrogens with zero attached hydrogens (tertiary/aromatic N) is 2. The van der Waals surface area contributed by atoms with Crippen molar-refractivity contribution in [3.05, 3.63) is 34.3 Å². The normalized spacial score (nSPS) is 16.2. The van der Waals surface area contributed by atoms with Crippen LogP contribution in [0.1, 0.15) is 23.1 Å². The summed E-state index contributed by atoms with van der Waals surface area (Å²) in [6.07, 6.45) is 1.07. The Balaban J connectivity index is 1.58. The van der Waals surface area contributed by atoms with Gasteiger partial charge in [-0.1, -0.05) is 4.49 Å². The Hall–Kier alpha value is -2.15. The van der Waals surface area contributed by atoms with Gasteiger partial charge in [-0.2, -0.15) is 0 Å². The summed E-state index contributed by atoms with van der Waals surface area (Å²) in [6, 6.07) is 5.45. The fourth-order valence-electron chi connectivity index (χ4n) is 2.25. The van der Waals surface area contributed by atoms with Crippen molar-refractivity contribution in [3.63, 3.8) is 0 Å². The molecule has 0 saturated heterocycles. The predicted molar refractivity (Wildman–Crippen MR) is 80.7 cm³/mol. The SMILES string of the molecule is Cc1nnsc1CNC(=O)Nc1ccc2c(c1)C[C@@H](C)O2. The molecule has 0 radical (unpaired) electrons. The highest BCUT2D eigenvalue weighted by Gasteiger charge is 2.19. The predicted octanol–water partition coefficient (Wildman–Crippen LogP) is 2.49. The minimum absolute atomic E-state index is 0.200. The van der Waals surface area contributed by atoms with E-state index >= 15 is 0 Å². The number of anilines is 1. The summed E-state index contributed by atoms with van der Waals surface area (Å²) in [6.45, 7) is 4.34. The van der Waals surface area contributed by atoms with Gasteiger partial charge in [-0.25, -0.2) is 4.79 Å². The number of carbonyl (C=O) groups is 1. The highest BCUT2D eigenvalue weighted by Crippen LogP contribution is 2.30. The zero-order chi connectivity index (χ0) is 14.8. The molecule has 1 atom stereocenters. The van der Waals surface area contributed by atoms with Gasteiger partial charge in [0.15, 0.2) is 0 Å². The van der Waals surface area contributed by atoms with Gasteiger partial charge in [-0.05, 0) is 49.1 Å². The van der Waals surface area contributed by atoms with E-state index in [4.69, 9.17) is 4.74 Å². The molecule has 2 aromatic rings. The van der Waals surface area contributed by atoms with Crippen LogP contribution in [0.3, 0.4) is 0 Å². The molecular weight excluding hydrogens is 288 g/mol. The number of nitrogens with one attached hydrogen (secondary N) is 2. The molecule has 3 rings (SSSR count). The maximum Gasteiger partial charge on any atom is 0.319 e. The smallest absolute Gasteiger partial charge is 0.319 e. The minimum atomic E-state index is -0.241. The molecule has 2 amide bonds. The van der Waals surface area contributed by atoms with Crippen molar-refractivity contribution in [2.24, 2.45) is 0 Å². The van der Waals surface area contributed by atoms with E-state index in [1.807, 2.05) is 32.0 Å². The van der Waals surface area contributed by atoms with Gasteiger partial charge >= 0.3 is 6.03 Å². The van der Waals surface area contributed by atoms with Gasteiger partial charge in [0, 0.05) is 12.1 Å². The van der Waals surface area contributed by atoms with E-state index in [9.17, 15) is 4.79 Å². The first-order valence-corrected chi connectivity index (χ1v) is 7.51. The highest BCUT2D eigenvalue weighted by molar-refractivity contribution is 7.05. The Morgan fingerprint density at radius 2 is 2.38 bits per heavy atom. The molecule has 0 spiro atoms. The number of ether oxygens (including phenoxy) is 1. The first-order chi connectivity index (χ1) is 10.1. The standard InChI is InChI=1S/C14H16N4O2S/c1-8-5-10-6-11(3-4-12(10)20-8)16-14(19)15-7-13-9(2)17-18-21-13/h3-4,6,8H,5,7H2,1-2H3,(H2,15,16,19)/t8-/m1/s1. The Bertz CT molecular complexity index is 671. The Labute approximate surface area is 126 Å². The van der Waals surface area contributed by atoms with Crippen LogP contribution in [0.4, 0.5) is 10.5 Å². The van der Waals surface area contributed by atoms with Crippen LogP contribution < -0.4 is 15.4 Å². The maximum absolute atomic E-state index is 11.9. The molecule has 6 nitrogen and oxygen atoms in total. The van der Waals surface area contributed by atoms with E-state index in [2.05, 4.69) is 20.2 Å². The molecule has 0 fully saturated rings. The number of fused-ring (bicyclic) bond motifs is 1. The summed E-state index contributed by atoms with van der Waals surface area (Å²) in [5.41, 5.74) is 2.75. The van der Waals surface area contributed by atoms with Crippen LogP contribution in [0, 0.1) is 6.92 Å². The fraction of sp³-hybridized carbons (Fsp3) is 0.357. The lowest BCUT2D eigenvalue weighted by molar-refractivity contribution is 0.251. The summed E-state index contributed by atoms with van der Waals surface area (Å²) in [7, 11) is 0.